The van der Waals surface area contributed by atoms with Crippen LogP contribution >= 0.6 is 0 Å². The van der Waals surface area contributed by atoms with Crippen molar-refractivity contribution in [2.75, 3.05) is 20.2 Å². The lowest BCUT2D eigenvalue weighted by atomic mass is 9.97. The highest BCUT2D eigenvalue weighted by Gasteiger charge is 2.20. The average molecular weight is 248 g/mol. The number of carbonyl (C=O) groups is 1. The molecule has 18 heavy (non-hydrogen) atoms. The van der Waals surface area contributed by atoms with Crippen molar-refractivity contribution >= 4 is 6.09 Å². The van der Waals surface area contributed by atoms with E-state index in [1.807, 2.05) is 0 Å². The highest BCUT2D eigenvalue weighted by Crippen LogP contribution is 2.20. The van der Waals surface area contributed by atoms with Crippen LogP contribution in [0.25, 0.3) is 0 Å². The molecular formula is C14H20N2O2. The Morgan fingerprint density at radius 1 is 1.44 bits per heavy atom. The van der Waals surface area contributed by atoms with Gasteiger partial charge in [0, 0.05) is 19.6 Å². The molecule has 0 saturated heterocycles. The van der Waals surface area contributed by atoms with E-state index in [2.05, 4.69) is 30.4 Å². The Kier molecular flexibility index (Phi) is 4.20. The fraction of sp³-hybridized carbons (Fsp3) is 0.500. The second-order valence-corrected chi connectivity index (χ2v) is 4.52. The van der Waals surface area contributed by atoms with Gasteiger partial charge in [0.2, 0.25) is 0 Å². The quantitative estimate of drug-likeness (QED) is 0.888. The molecule has 0 atom stereocenters. The fourth-order valence-electron chi connectivity index (χ4n) is 2.27. The monoisotopic (exact) mass is 248 g/mol. The normalized spacial score (nSPS) is 14.2. The van der Waals surface area contributed by atoms with Crippen LogP contribution in [0.1, 0.15) is 23.6 Å². The first-order valence-electron chi connectivity index (χ1n) is 6.39. The summed E-state index contributed by atoms with van der Waals surface area (Å²) in [7, 11) is 1.43. The van der Waals surface area contributed by atoms with E-state index in [9.17, 15) is 4.79 Å². The summed E-state index contributed by atoms with van der Waals surface area (Å²) in [6.45, 7) is 5.39. The van der Waals surface area contributed by atoms with E-state index in [1.54, 1.807) is 4.90 Å². The van der Waals surface area contributed by atoms with Gasteiger partial charge in [-0.3, -0.25) is 0 Å². The van der Waals surface area contributed by atoms with Gasteiger partial charge in [0.25, 0.3) is 0 Å². The van der Waals surface area contributed by atoms with Gasteiger partial charge in [-0.05, 0) is 29.7 Å². The molecule has 4 nitrogen and oxygen atoms in total. The first-order valence-corrected chi connectivity index (χ1v) is 6.39. The Bertz CT molecular complexity index is 432. The Balaban J connectivity index is 2.08. The van der Waals surface area contributed by atoms with Crippen molar-refractivity contribution < 1.29 is 9.53 Å². The van der Waals surface area contributed by atoms with Crippen LogP contribution in [-0.4, -0.2) is 31.2 Å². The van der Waals surface area contributed by atoms with Crippen molar-refractivity contribution in [2.45, 2.75) is 26.4 Å². The standard InChI is InChI=1S/C14H20N2O2/c1-3-15-9-11-4-5-13-10-16(14(17)18-2)7-6-12(13)8-11/h4-5,8,15H,3,6-7,9-10H2,1-2H3. The van der Waals surface area contributed by atoms with Crippen LogP contribution in [-0.2, 0) is 24.2 Å². The van der Waals surface area contributed by atoms with Gasteiger partial charge in [0.05, 0.1) is 7.11 Å². The van der Waals surface area contributed by atoms with Crippen LogP contribution < -0.4 is 5.32 Å². The molecule has 1 aromatic carbocycles. The number of rotatable bonds is 3. The number of fused-ring (bicyclic) bond motifs is 1. The predicted octanol–water partition coefficient (Wildman–Crippen LogP) is 1.92. The molecule has 0 bridgehead atoms. The molecule has 0 unspecified atom stereocenters. The van der Waals surface area contributed by atoms with E-state index in [1.165, 1.54) is 23.8 Å². The molecule has 1 aromatic rings. The van der Waals surface area contributed by atoms with Crippen molar-refractivity contribution in [3.05, 3.63) is 34.9 Å². The molecule has 1 aliphatic heterocycles. The highest BCUT2D eigenvalue weighted by molar-refractivity contribution is 5.68. The van der Waals surface area contributed by atoms with Gasteiger partial charge in [-0.25, -0.2) is 4.79 Å². The molecule has 1 aliphatic rings. The van der Waals surface area contributed by atoms with Crippen LogP contribution in [0.5, 0.6) is 0 Å². The Hall–Kier alpha value is -1.55. The van der Waals surface area contributed by atoms with Crippen molar-refractivity contribution in [3.8, 4) is 0 Å². The molecule has 1 amide bonds. The summed E-state index contributed by atoms with van der Waals surface area (Å²) in [4.78, 5) is 13.2. The number of amides is 1. The van der Waals surface area contributed by atoms with Gasteiger partial charge < -0.3 is 15.0 Å². The minimum absolute atomic E-state index is 0.239. The molecule has 0 saturated carbocycles. The van der Waals surface area contributed by atoms with E-state index < -0.39 is 0 Å². The average Bonchev–Trinajstić information content (AvgIpc) is 2.43. The molecule has 1 N–H and O–H groups in total. The fourth-order valence-corrected chi connectivity index (χ4v) is 2.27. The Morgan fingerprint density at radius 2 is 2.28 bits per heavy atom. The van der Waals surface area contributed by atoms with E-state index in [-0.39, 0.29) is 6.09 Å². The van der Waals surface area contributed by atoms with Crippen molar-refractivity contribution in [1.29, 1.82) is 0 Å². The summed E-state index contributed by atoms with van der Waals surface area (Å²) in [6.07, 6.45) is 0.669. The lowest BCUT2D eigenvalue weighted by molar-refractivity contribution is 0.118. The van der Waals surface area contributed by atoms with Gasteiger partial charge in [0.1, 0.15) is 0 Å². The molecular weight excluding hydrogens is 228 g/mol. The number of hydrogen-bond donors (Lipinski definition) is 1. The largest absolute Gasteiger partial charge is 0.453 e. The molecule has 0 spiro atoms. The minimum atomic E-state index is -0.239. The van der Waals surface area contributed by atoms with Gasteiger partial charge >= 0.3 is 6.09 Å². The first kappa shape index (κ1) is 12.9. The number of nitrogens with one attached hydrogen (secondary N) is 1. The molecule has 98 valence electrons. The van der Waals surface area contributed by atoms with Crippen molar-refractivity contribution in [2.24, 2.45) is 0 Å². The molecule has 1 heterocycles. The summed E-state index contributed by atoms with van der Waals surface area (Å²) < 4.78 is 4.76. The highest BCUT2D eigenvalue weighted by atomic mass is 16.5. The zero-order valence-corrected chi connectivity index (χ0v) is 11.0. The SMILES string of the molecule is CCNCc1ccc2c(c1)CCN(C(=O)OC)C2. The molecule has 2 rings (SSSR count). The summed E-state index contributed by atoms with van der Waals surface area (Å²) in [5, 5.41) is 3.32. The first-order chi connectivity index (χ1) is 8.74. The number of nitrogens with zero attached hydrogens (tertiary/aromatic N) is 1. The van der Waals surface area contributed by atoms with Crippen molar-refractivity contribution in [3.63, 3.8) is 0 Å². The lowest BCUT2D eigenvalue weighted by Gasteiger charge is -2.28. The number of carbonyl (C=O) groups excluding carboxylic acids is 1. The van der Waals surface area contributed by atoms with Gasteiger partial charge in [-0.2, -0.15) is 0 Å². The van der Waals surface area contributed by atoms with Gasteiger partial charge in [0.15, 0.2) is 0 Å². The third kappa shape index (κ3) is 2.82. The predicted molar refractivity (Wildman–Crippen MR) is 70.3 cm³/mol. The van der Waals surface area contributed by atoms with Crippen LogP contribution in [0.15, 0.2) is 18.2 Å². The van der Waals surface area contributed by atoms with E-state index in [4.69, 9.17) is 4.74 Å². The number of ether oxygens (including phenoxy) is 1. The number of benzene rings is 1. The summed E-state index contributed by atoms with van der Waals surface area (Å²) >= 11 is 0. The molecule has 0 fully saturated rings. The molecule has 4 heteroatoms. The minimum Gasteiger partial charge on any atom is -0.453 e. The van der Waals surface area contributed by atoms with E-state index in [0.29, 0.717) is 6.54 Å². The van der Waals surface area contributed by atoms with Crippen LogP contribution in [0.2, 0.25) is 0 Å². The second kappa shape index (κ2) is 5.87. The lowest BCUT2D eigenvalue weighted by Crippen LogP contribution is -2.35. The zero-order chi connectivity index (χ0) is 13.0. The third-order valence-corrected chi connectivity index (χ3v) is 3.29. The topological polar surface area (TPSA) is 41.6 Å². The van der Waals surface area contributed by atoms with Crippen LogP contribution in [0.4, 0.5) is 4.79 Å². The number of hydrogen-bond acceptors (Lipinski definition) is 3. The van der Waals surface area contributed by atoms with E-state index >= 15 is 0 Å². The second-order valence-electron chi connectivity index (χ2n) is 4.52. The number of methoxy groups -OCH3 is 1. The Labute approximate surface area is 108 Å². The maximum atomic E-state index is 11.5. The third-order valence-electron chi connectivity index (χ3n) is 3.29. The zero-order valence-electron chi connectivity index (χ0n) is 11.0. The van der Waals surface area contributed by atoms with Gasteiger partial charge in [-0.15, -0.1) is 0 Å². The maximum absolute atomic E-state index is 11.5. The maximum Gasteiger partial charge on any atom is 0.409 e. The van der Waals surface area contributed by atoms with E-state index in [0.717, 1.165) is 26.1 Å². The summed E-state index contributed by atoms with van der Waals surface area (Å²) in [5.74, 6) is 0. The summed E-state index contributed by atoms with van der Waals surface area (Å²) in [5.41, 5.74) is 3.89. The van der Waals surface area contributed by atoms with Crippen molar-refractivity contribution in [1.82, 2.24) is 10.2 Å². The smallest absolute Gasteiger partial charge is 0.409 e. The molecule has 0 radical (unpaired) electrons. The summed E-state index contributed by atoms with van der Waals surface area (Å²) in [6, 6.07) is 6.49. The Morgan fingerprint density at radius 3 is 3.00 bits per heavy atom. The van der Waals surface area contributed by atoms with Crippen LogP contribution in [0.3, 0.4) is 0 Å². The molecule has 0 aliphatic carbocycles. The molecule has 0 aromatic heterocycles. The van der Waals surface area contributed by atoms with Crippen LogP contribution in [0, 0.1) is 0 Å². The van der Waals surface area contributed by atoms with Gasteiger partial charge in [-0.1, -0.05) is 25.1 Å².